The van der Waals surface area contributed by atoms with Gasteiger partial charge < -0.3 is 14.8 Å². The average Bonchev–Trinajstić information content (AvgIpc) is 3.10. The maximum absolute atomic E-state index is 12.8. The summed E-state index contributed by atoms with van der Waals surface area (Å²) in [6.07, 6.45) is -0.554. The van der Waals surface area contributed by atoms with E-state index in [-0.39, 0.29) is 25.3 Å². The lowest BCUT2D eigenvalue weighted by molar-refractivity contribution is -0.144. The third-order valence-electron chi connectivity index (χ3n) is 4.54. The summed E-state index contributed by atoms with van der Waals surface area (Å²) in [6, 6.07) is 1.58. The Labute approximate surface area is 180 Å². The van der Waals surface area contributed by atoms with Crippen LogP contribution in [-0.2, 0) is 50.7 Å². The van der Waals surface area contributed by atoms with Gasteiger partial charge in [-0.3, -0.25) is 23.3 Å². The molecule has 1 aromatic heterocycles. The highest BCUT2D eigenvalue weighted by Crippen LogP contribution is 2.57. The van der Waals surface area contributed by atoms with E-state index < -0.39 is 44.0 Å². The Balaban J connectivity index is 1.92. The van der Waals surface area contributed by atoms with E-state index >= 15 is 0 Å². The van der Waals surface area contributed by atoms with Gasteiger partial charge >= 0.3 is 19.8 Å². The Kier molecular flexibility index (Phi) is 8.35. The molecule has 2 rings (SSSR count). The summed E-state index contributed by atoms with van der Waals surface area (Å²) in [5, 5.41) is 6.67. The van der Waals surface area contributed by atoms with E-state index in [2.05, 4.69) is 15.2 Å². The Bertz CT molecular complexity index is 867. The molecule has 0 radical (unpaired) electrons. The van der Waals surface area contributed by atoms with Crippen LogP contribution in [0.1, 0.15) is 43.4 Å². The fraction of sp³-hybridized carbons (Fsp3) is 0.667. The zero-order chi connectivity index (χ0) is 23.2. The van der Waals surface area contributed by atoms with Crippen LogP contribution in [0.4, 0.5) is 0 Å². The Morgan fingerprint density at radius 3 is 2.71 bits per heavy atom. The van der Waals surface area contributed by atoms with Crippen LogP contribution in [0.5, 0.6) is 0 Å². The first-order valence-corrected chi connectivity index (χ1v) is 11.1. The fourth-order valence-electron chi connectivity index (χ4n) is 2.69. The van der Waals surface area contributed by atoms with Crippen LogP contribution in [0.15, 0.2) is 6.07 Å². The van der Waals surface area contributed by atoms with Gasteiger partial charge in [0.2, 0.25) is 12.7 Å². The highest BCUT2D eigenvalue weighted by molar-refractivity contribution is 7.48. The number of hydrogen-bond acceptors (Lipinski definition) is 10. The maximum atomic E-state index is 12.8. The summed E-state index contributed by atoms with van der Waals surface area (Å²) >= 11 is 0. The first-order valence-electron chi connectivity index (χ1n) is 9.63. The molecule has 2 atom stereocenters. The largest absolute Gasteiger partial charge is 0.478 e. The highest BCUT2D eigenvalue weighted by atomic mass is 31.2. The molecule has 0 bridgehead atoms. The van der Waals surface area contributed by atoms with Crippen molar-refractivity contribution in [1.29, 1.82) is 0 Å². The molecule has 0 aromatic carbocycles. The van der Waals surface area contributed by atoms with Crippen molar-refractivity contribution in [2.24, 2.45) is 12.5 Å². The van der Waals surface area contributed by atoms with E-state index in [4.69, 9.17) is 18.3 Å². The summed E-state index contributed by atoms with van der Waals surface area (Å²) < 4.78 is 39.2. The van der Waals surface area contributed by atoms with Gasteiger partial charge in [0, 0.05) is 19.0 Å². The molecular weight excluding hydrogens is 433 g/mol. The third-order valence-corrected chi connectivity index (χ3v) is 5.87. The van der Waals surface area contributed by atoms with Crippen molar-refractivity contribution >= 4 is 25.7 Å². The molecule has 1 amide bonds. The van der Waals surface area contributed by atoms with Gasteiger partial charge in [0.05, 0.1) is 25.8 Å². The predicted octanol–water partition coefficient (Wildman–Crippen LogP) is 1.34. The van der Waals surface area contributed by atoms with Gasteiger partial charge in [0.1, 0.15) is 5.69 Å². The van der Waals surface area contributed by atoms with Crippen molar-refractivity contribution in [2.75, 3.05) is 27.1 Å². The number of carbonyl (C=O) groups excluding carboxylic acids is 3. The number of nitrogens with one attached hydrogen (secondary N) is 1. The number of esters is 2. The van der Waals surface area contributed by atoms with Crippen molar-refractivity contribution in [1.82, 2.24) is 15.1 Å². The van der Waals surface area contributed by atoms with Gasteiger partial charge in [-0.2, -0.15) is 5.10 Å². The predicted molar refractivity (Wildman–Crippen MR) is 106 cm³/mol. The normalized spacial score (nSPS) is 22.5. The van der Waals surface area contributed by atoms with E-state index in [1.165, 1.54) is 11.8 Å². The molecule has 0 aliphatic carbocycles. The second kappa shape index (κ2) is 10.4. The molecule has 1 aromatic rings. The molecular formula is C18H28N3O9P. The van der Waals surface area contributed by atoms with Crippen molar-refractivity contribution < 1.29 is 42.0 Å². The molecule has 174 valence electrons. The standard InChI is InChI=1S/C18H28N3O9P/c1-6-12-9-13(21(4)20-12)17(24)27-11-29-31(25)28-10-18(2,3)15(30-31)16(23)19-8-7-14(22)26-5/h9,15H,6-8,10-11H2,1-5H3,(H,19,23)/t15-,31+/m0/s1. The highest BCUT2D eigenvalue weighted by Gasteiger charge is 2.49. The zero-order valence-electron chi connectivity index (χ0n) is 18.2. The van der Waals surface area contributed by atoms with E-state index in [0.717, 1.165) is 0 Å². The SMILES string of the molecule is CCc1cc(C(=O)OCO[P@@]2(=O)OCC(C)(C)[C@H](C(=O)NCCC(=O)OC)O2)n(C)n1. The molecule has 1 aliphatic heterocycles. The number of aryl methyl sites for hydroxylation is 2. The quantitative estimate of drug-likeness (QED) is 0.325. The number of ether oxygens (including phenoxy) is 2. The Morgan fingerprint density at radius 1 is 1.39 bits per heavy atom. The minimum absolute atomic E-state index is 0.0233. The number of phosphoric ester groups is 1. The number of rotatable bonds is 9. The number of methoxy groups -OCH3 is 1. The molecule has 1 aliphatic rings. The molecule has 13 heteroatoms. The van der Waals surface area contributed by atoms with Gasteiger partial charge in [-0.05, 0) is 12.5 Å². The number of amides is 1. The van der Waals surface area contributed by atoms with Gasteiger partial charge in [-0.15, -0.1) is 0 Å². The van der Waals surface area contributed by atoms with Gasteiger partial charge in [-0.1, -0.05) is 20.8 Å². The topological polar surface area (TPSA) is 144 Å². The van der Waals surface area contributed by atoms with Crippen LogP contribution in [0.25, 0.3) is 0 Å². The molecule has 1 saturated heterocycles. The lowest BCUT2D eigenvalue weighted by Gasteiger charge is -2.39. The molecule has 0 unspecified atom stereocenters. The Hall–Kier alpha value is -2.27. The average molecular weight is 461 g/mol. The Morgan fingerprint density at radius 2 is 2.10 bits per heavy atom. The minimum atomic E-state index is -4.17. The number of hydrogen-bond donors (Lipinski definition) is 1. The molecule has 31 heavy (non-hydrogen) atoms. The van der Waals surface area contributed by atoms with E-state index in [9.17, 15) is 18.9 Å². The van der Waals surface area contributed by atoms with Crippen molar-refractivity contribution in [2.45, 2.75) is 39.7 Å². The van der Waals surface area contributed by atoms with Crippen LogP contribution in [0.3, 0.4) is 0 Å². The first kappa shape index (κ1) is 25.0. The molecule has 1 N–H and O–H groups in total. The van der Waals surface area contributed by atoms with Crippen molar-refractivity contribution in [3.05, 3.63) is 17.5 Å². The molecule has 2 heterocycles. The lowest BCUT2D eigenvalue weighted by Crippen LogP contribution is -2.50. The summed E-state index contributed by atoms with van der Waals surface area (Å²) in [5.74, 6) is -1.79. The van der Waals surface area contributed by atoms with E-state index in [0.29, 0.717) is 12.1 Å². The van der Waals surface area contributed by atoms with Crippen LogP contribution >= 0.6 is 7.82 Å². The van der Waals surface area contributed by atoms with Gasteiger partial charge in [-0.25, -0.2) is 13.9 Å². The molecule has 0 spiro atoms. The second-order valence-corrected chi connectivity index (χ2v) is 9.11. The van der Waals surface area contributed by atoms with E-state index in [1.807, 2.05) is 6.92 Å². The van der Waals surface area contributed by atoms with Crippen LogP contribution < -0.4 is 5.32 Å². The second-order valence-electron chi connectivity index (χ2n) is 7.49. The fourth-order valence-corrected chi connectivity index (χ4v) is 4.19. The van der Waals surface area contributed by atoms with Crippen molar-refractivity contribution in [3.63, 3.8) is 0 Å². The minimum Gasteiger partial charge on any atom is -0.469 e. The lowest BCUT2D eigenvalue weighted by atomic mass is 9.87. The summed E-state index contributed by atoms with van der Waals surface area (Å²) in [7, 11) is -1.34. The number of aromatic nitrogens is 2. The van der Waals surface area contributed by atoms with E-state index in [1.54, 1.807) is 27.0 Å². The number of phosphoric acid groups is 1. The van der Waals surface area contributed by atoms with Crippen molar-refractivity contribution in [3.8, 4) is 0 Å². The maximum Gasteiger partial charge on any atom is 0.478 e. The molecule has 12 nitrogen and oxygen atoms in total. The molecule has 1 fully saturated rings. The number of carbonyl (C=O) groups is 3. The van der Waals surface area contributed by atoms with Gasteiger partial charge in [0.25, 0.3) is 0 Å². The first-order chi connectivity index (χ1) is 14.5. The third kappa shape index (κ3) is 6.60. The zero-order valence-corrected chi connectivity index (χ0v) is 19.1. The summed E-state index contributed by atoms with van der Waals surface area (Å²) in [4.78, 5) is 35.8. The van der Waals surface area contributed by atoms with Gasteiger partial charge in [0.15, 0.2) is 6.10 Å². The van der Waals surface area contributed by atoms with Crippen LogP contribution in [0, 0.1) is 5.41 Å². The monoisotopic (exact) mass is 461 g/mol. The summed E-state index contributed by atoms with van der Waals surface area (Å²) in [5.41, 5.74) is 0.0905. The number of nitrogens with zero attached hydrogens (tertiary/aromatic N) is 2. The smallest absolute Gasteiger partial charge is 0.469 e. The van der Waals surface area contributed by atoms with Crippen LogP contribution in [0.2, 0.25) is 0 Å². The molecule has 0 saturated carbocycles. The van der Waals surface area contributed by atoms with Crippen LogP contribution in [-0.4, -0.2) is 60.8 Å². The summed E-state index contributed by atoms with van der Waals surface area (Å²) in [6.45, 7) is 4.49.